The molecule has 0 bridgehead atoms. The van der Waals surface area contributed by atoms with E-state index in [2.05, 4.69) is 15.5 Å². The first kappa shape index (κ1) is 30.9. The van der Waals surface area contributed by atoms with Crippen LogP contribution >= 0.6 is 23.2 Å². The number of halogens is 3. The second-order valence-electron chi connectivity index (χ2n) is 9.85. The van der Waals surface area contributed by atoms with Crippen LogP contribution in [0.5, 0.6) is 0 Å². The molecule has 1 heterocycles. The van der Waals surface area contributed by atoms with E-state index in [1.807, 2.05) is 13.8 Å². The summed E-state index contributed by atoms with van der Waals surface area (Å²) in [5.74, 6) is -2.34. The summed E-state index contributed by atoms with van der Waals surface area (Å²) in [4.78, 5) is 40.3. The minimum absolute atomic E-state index is 0.0256. The maximum Gasteiger partial charge on any atom is 0.348 e. The standard InChI is InChI=1S/C29H28Cl2FN5O5/c1-17(2)16-42-28(40)25(38)15-36(14-18-6-8-19(9-7-18)23-13-21(31)10-11-24(23)32)35-27(39)26-33-29(41)37(34-26)22-5-3-4-20(30)12-22/h3-13,17,25,38H,14-16H2,1-2H3,(H,35,39)(H,33,34,41)/t25-/m1/s1. The van der Waals surface area contributed by atoms with Crippen molar-refractivity contribution in [2.24, 2.45) is 5.92 Å². The van der Waals surface area contributed by atoms with Crippen molar-refractivity contribution in [3.63, 3.8) is 0 Å². The zero-order chi connectivity index (χ0) is 30.4. The van der Waals surface area contributed by atoms with Crippen molar-refractivity contribution >= 4 is 35.1 Å². The van der Waals surface area contributed by atoms with Crippen molar-refractivity contribution in [2.45, 2.75) is 26.5 Å². The van der Waals surface area contributed by atoms with Crippen LogP contribution in [0.15, 0.2) is 71.5 Å². The van der Waals surface area contributed by atoms with E-state index in [1.54, 1.807) is 42.5 Å². The van der Waals surface area contributed by atoms with Gasteiger partial charge in [0.25, 0.3) is 0 Å². The van der Waals surface area contributed by atoms with Gasteiger partial charge in [-0.1, -0.05) is 67.4 Å². The fourth-order valence-corrected chi connectivity index (χ4v) is 4.27. The molecule has 42 heavy (non-hydrogen) atoms. The van der Waals surface area contributed by atoms with Gasteiger partial charge in [-0.25, -0.2) is 19.0 Å². The van der Waals surface area contributed by atoms with Crippen molar-refractivity contribution in [1.82, 2.24) is 25.2 Å². The SMILES string of the molecule is CC(C)COC(=O)[C@H](O)CN(Cc1ccc(-c2cc(Cl)ccc2F)cc1)NC(=O)c1nn(-c2cccc(Cl)c2)c(=O)[nH]1. The van der Waals surface area contributed by atoms with Crippen molar-refractivity contribution < 1.29 is 23.8 Å². The Hall–Kier alpha value is -4.03. The molecular weight excluding hydrogens is 588 g/mol. The van der Waals surface area contributed by atoms with Gasteiger partial charge in [0, 0.05) is 22.2 Å². The largest absolute Gasteiger partial charge is 0.463 e. The molecule has 0 aliphatic rings. The van der Waals surface area contributed by atoms with Gasteiger partial charge in [-0.05, 0) is 53.4 Å². The number of aromatic nitrogens is 3. The molecule has 1 amide bonds. The minimum Gasteiger partial charge on any atom is -0.463 e. The zero-order valence-electron chi connectivity index (χ0n) is 22.7. The van der Waals surface area contributed by atoms with Gasteiger partial charge < -0.3 is 9.84 Å². The van der Waals surface area contributed by atoms with Crippen molar-refractivity contribution in [3.8, 4) is 16.8 Å². The van der Waals surface area contributed by atoms with Gasteiger partial charge in [0.05, 0.1) is 18.8 Å². The lowest BCUT2D eigenvalue weighted by Gasteiger charge is -2.25. The number of benzene rings is 3. The van der Waals surface area contributed by atoms with Gasteiger partial charge >= 0.3 is 17.6 Å². The van der Waals surface area contributed by atoms with Crippen LogP contribution in [-0.2, 0) is 16.1 Å². The Bertz CT molecular complexity index is 1620. The number of rotatable bonds is 11. The highest BCUT2D eigenvalue weighted by molar-refractivity contribution is 6.31. The van der Waals surface area contributed by atoms with Crippen LogP contribution in [0.3, 0.4) is 0 Å². The highest BCUT2D eigenvalue weighted by Gasteiger charge is 2.24. The minimum atomic E-state index is -1.59. The number of aliphatic hydroxyl groups excluding tert-OH is 1. The lowest BCUT2D eigenvalue weighted by molar-refractivity contribution is -0.156. The second-order valence-corrected chi connectivity index (χ2v) is 10.7. The number of nitrogens with one attached hydrogen (secondary N) is 2. The molecule has 220 valence electrons. The smallest absolute Gasteiger partial charge is 0.348 e. The summed E-state index contributed by atoms with van der Waals surface area (Å²) in [6.07, 6.45) is -1.59. The number of carbonyl (C=O) groups is 2. The van der Waals surface area contributed by atoms with Crippen molar-refractivity contribution in [1.29, 1.82) is 0 Å². The van der Waals surface area contributed by atoms with Crippen LogP contribution in [0.4, 0.5) is 4.39 Å². The van der Waals surface area contributed by atoms with Crippen molar-refractivity contribution in [2.75, 3.05) is 13.2 Å². The number of esters is 1. The normalized spacial score (nSPS) is 12.0. The zero-order valence-corrected chi connectivity index (χ0v) is 24.2. The molecule has 0 radical (unpaired) electrons. The third-order valence-corrected chi connectivity index (χ3v) is 6.41. The fourth-order valence-electron chi connectivity index (χ4n) is 3.91. The third-order valence-electron chi connectivity index (χ3n) is 5.94. The lowest BCUT2D eigenvalue weighted by Crippen LogP contribution is -2.48. The first-order chi connectivity index (χ1) is 20.0. The summed E-state index contributed by atoms with van der Waals surface area (Å²) in [5, 5.41) is 16.6. The van der Waals surface area contributed by atoms with Gasteiger partial charge in [-0.3, -0.25) is 15.2 Å². The highest BCUT2D eigenvalue weighted by Crippen LogP contribution is 2.26. The Morgan fingerprint density at radius 3 is 2.50 bits per heavy atom. The molecule has 4 rings (SSSR count). The molecule has 0 saturated heterocycles. The van der Waals surface area contributed by atoms with Crippen LogP contribution in [-0.4, -0.2) is 56.0 Å². The number of amides is 1. The summed E-state index contributed by atoms with van der Waals surface area (Å²) >= 11 is 12.0. The first-order valence-corrected chi connectivity index (χ1v) is 13.7. The van der Waals surface area contributed by atoms with E-state index in [9.17, 15) is 23.9 Å². The monoisotopic (exact) mass is 615 g/mol. The molecule has 0 saturated carbocycles. The predicted molar refractivity (Wildman–Crippen MR) is 156 cm³/mol. The molecule has 13 heteroatoms. The molecule has 3 aromatic carbocycles. The number of hydrogen-bond donors (Lipinski definition) is 3. The number of hydrazine groups is 1. The summed E-state index contributed by atoms with van der Waals surface area (Å²) in [5.41, 5.74) is 3.81. The van der Waals surface area contributed by atoms with E-state index in [0.29, 0.717) is 32.4 Å². The molecule has 4 aromatic rings. The lowest BCUT2D eigenvalue weighted by atomic mass is 10.0. The maximum atomic E-state index is 14.3. The Balaban J connectivity index is 1.54. The first-order valence-electron chi connectivity index (χ1n) is 12.9. The van der Waals surface area contributed by atoms with Gasteiger partial charge in [0.15, 0.2) is 6.10 Å². The molecule has 0 fully saturated rings. The molecule has 1 aromatic heterocycles. The molecular formula is C29H28Cl2FN5O5. The van der Waals surface area contributed by atoms with Gasteiger partial charge in [-0.2, -0.15) is 4.68 Å². The predicted octanol–water partition coefficient (Wildman–Crippen LogP) is 4.38. The van der Waals surface area contributed by atoms with Crippen LogP contribution in [0.2, 0.25) is 10.0 Å². The van der Waals surface area contributed by atoms with E-state index in [-0.39, 0.29) is 31.4 Å². The summed E-state index contributed by atoms with van der Waals surface area (Å²) in [6, 6.07) is 17.4. The van der Waals surface area contributed by atoms with Crippen LogP contribution in [0.1, 0.15) is 30.0 Å². The van der Waals surface area contributed by atoms with Crippen LogP contribution in [0, 0.1) is 11.7 Å². The van der Waals surface area contributed by atoms with Crippen LogP contribution in [0.25, 0.3) is 16.8 Å². The van der Waals surface area contributed by atoms with E-state index in [4.69, 9.17) is 27.9 Å². The van der Waals surface area contributed by atoms with Gasteiger partial charge in [0.2, 0.25) is 5.82 Å². The summed E-state index contributed by atoms with van der Waals surface area (Å²) in [7, 11) is 0. The average Bonchev–Trinajstić information content (AvgIpc) is 3.35. The molecule has 10 nitrogen and oxygen atoms in total. The molecule has 0 unspecified atom stereocenters. The Kier molecular flexibility index (Phi) is 10.1. The number of carbonyl (C=O) groups excluding carboxylic acids is 2. The number of H-pyrrole nitrogens is 1. The summed E-state index contributed by atoms with van der Waals surface area (Å²) < 4.78 is 20.4. The van der Waals surface area contributed by atoms with E-state index < -0.39 is 29.5 Å². The molecule has 0 aliphatic heterocycles. The number of nitrogens with zero attached hydrogens (tertiary/aromatic N) is 3. The average molecular weight is 616 g/mol. The number of ether oxygens (including phenoxy) is 1. The van der Waals surface area contributed by atoms with Crippen molar-refractivity contribution in [3.05, 3.63) is 104 Å². The Labute approximate surface area is 250 Å². The Morgan fingerprint density at radius 1 is 1.10 bits per heavy atom. The van der Waals surface area contributed by atoms with E-state index in [1.165, 1.54) is 29.3 Å². The van der Waals surface area contributed by atoms with Gasteiger partial charge in [-0.15, -0.1) is 5.10 Å². The quantitative estimate of drug-likeness (QED) is 0.169. The highest BCUT2D eigenvalue weighted by atomic mass is 35.5. The fraction of sp³-hybridized carbons (Fsp3) is 0.241. The van der Waals surface area contributed by atoms with Crippen LogP contribution < -0.4 is 11.1 Å². The van der Waals surface area contributed by atoms with E-state index in [0.717, 1.165) is 4.68 Å². The number of aliphatic hydroxyl groups is 1. The molecule has 0 aliphatic carbocycles. The second kappa shape index (κ2) is 13.8. The van der Waals surface area contributed by atoms with E-state index >= 15 is 0 Å². The number of aromatic amines is 1. The maximum absolute atomic E-state index is 14.3. The third kappa shape index (κ3) is 8.04. The number of hydrogen-bond acceptors (Lipinski definition) is 7. The molecule has 0 spiro atoms. The van der Waals surface area contributed by atoms with Gasteiger partial charge in [0.1, 0.15) is 5.82 Å². The molecule has 3 N–H and O–H groups in total. The topological polar surface area (TPSA) is 130 Å². The Morgan fingerprint density at radius 2 is 1.81 bits per heavy atom. The molecule has 1 atom stereocenters. The summed E-state index contributed by atoms with van der Waals surface area (Å²) in [6.45, 7) is 3.51.